The Kier molecular flexibility index (Phi) is 7.20. The lowest BCUT2D eigenvalue weighted by molar-refractivity contribution is 0.0273. The molecule has 2 rings (SSSR count). The molecule has 1 aliphatic carbocycles. The van der Waals surface area contributed by atoms with Gasteiger partial charge in [-0.25, -0.2) is 0 Å². The first-order chi connectivity index (χ1) is 11.2. The number of ether oxygens (including phenoxy) is 3. The van der Waals surface area contributed by atoms with Gasteiger partial charge in [0.05, 0.1) is 25.9 Å². The number of carbonyl (C=O) groups is 1. The number of amides is 1. The van der Waals surface area contributed by atoms with Crippen LogP contribution in [0.15, 0.2) is 18.2 Å². The highest BCUT2D eigenvalue weighted by Gasteiger charge is 2.14. The summed E-state index contributed by atoms with van der Waals surface area (Å²) in [5, 5.41) is 2.91. The molecule has 0 aromatic heterocycles. The first-order valence-electron chi connectivity index (χ1n) is 8.36. The number of rotatable bonds is 8. The fraction of sp³-hybridized carbons (Fsp3) is 0.611. The molecule has 0 unspecified atom stereocenters. The van der Waals surface area contributed by atoms with Crippen LogP contribution in [-0.4, -0.2) is 39.4 Å². The largest absolute Gasteiger partial charge is 0.497 e. The molecule has 1 fully saturated rings. The third-order valence-electron chi connectivity index (χ3n) is 4.16. The van der Waals surface area contributed by atoms with Crippen LogP contribution in [0.2, 0.25) is 0 Å². The monoisotopic (exact) mass is 321 g/mol. The molecule has 0 bridgehead atoms. The van der Waals surface area contributed by atoms with Crippen molar-refractivity contribution in [1.82, 2.24) is 5.32 Å². The van der Waals surface area contributed by atoms with Crippen molar-refractivity contribution in [2.24, 2.45) is 0 Å². The van der Waals surface area contributed by atoms with Gasteiger partial charge >= 0.3 is 0 Å². The van der Waals surface area contributed by atoms with Crippen molar-refractivity contribution in [3.63, 3.8) is 0 Å². The molecule has 1 aromatic rings. The van der Waals surface area contributed by atoms with Gasteiger partial charge in [0.15, 0.2) is 0 Å². The summed E-state index contributed by atoms with van der Waals surface area (Å²) in [6.07, 6.45) is 7.46. The lowest BCUT2D eigenvalue weighted by atomic mass is 9.98. The van der Waals surface area contributed by atoms with Crippen molar-refractivity contribution >= 4 is 5.91 Å². The van der Waals surface area contributed by atoms with Gasteiger partial charge in [-0.15, -0.1) is 0 Å². The molecule has 1 amide bonds. The summed E-state index contributed by atoms with van der Waals surface area (Å²) in [7, 11) is 3.13. The highest BCUT2D eigenvalue weighted by molar-refractivity contribution is 5.97. The van der Waals surface area contributed by atoms with Gasteiger partial charge in [-0.05, 0) is 37.5 Å². The summed E-state index contributed by atoms with van der Waals surface area (Å²) in [5.41, 5.74) is 0.486. The molecule has 0 radical (unpaired) electrons. The minimum atomic E-state index is -0.154. The molecule has 5 heteroatoms. The van der Waals surface area contributed by atoms with Gasteiger partial charge in [0, 0.05) is 13.2 Å². The van der Waals surface area contributed by atoms with E-state index < -0.39 is 0 Å². The van der Waals surface area contributed by atoms with Gasteiger partial charge in [-0.2, -0.15) is 0 Å². The third-order valence-corrected chi connectivity index (χ3v) is 4.16. The number of hydrogen-bond acceptors (Lipinski definition) is 4. The van der Waals surface area contributed by atoms with Crippen molar-refractivity contribution in [3.05, 3.63) is 23.8 Å². The molecule has 0 saturated heterocycles. The maximum atomic E-state index is 12.3. The zero-order chi connectivity index (χ0) is 16.5. The van der Waals surface area contributed by atoms with Gasteiger partial charge in [-0.3, -0.25) is 4.79 Å². The minimum absolute atomic E-state index is 0.154. The van der Waals surface area contributed by atoms with Crippen molar-refractivity contribution in [1.29, 1.82) is 0 Å². The lowest BCUT2D eigenvalue weighted by Crippen LogP contribution is -2.26. The van der Waals surface area contributed by atoms with E-state index in [0.29, 0.717) is 36.3 Å². The van der Waals surface area contributed by atoms with Crippen LogP contribution in [-0.2, 0) is 4.74 Å². The van der Waals surface area contributed by atoms with Gasteiger partial charge in [-0.1, -0.05) is 19.3 Å². The van der Waals surface area contributed by atoms with Crippen molar-refractivity contribution in [3.8, 4) is 11.5 Å². The molecule has 1 N–H and O–H groups in total. The van der Waals surface area contributed by atoms with E-state index in [4.69, 9.17) is 14.2 Å². The number of methoxy groups -OCH3 is 2. The van der Waals surface area contributed by atoms with Crippen molar-refractivity contribution in [2.45, 2.75) is 44.6 Å². The Morgan fingerprint density at radius 3 is 2.65 bits per heavy atom. The highest BCUT2D eigenvalue weighted by atomic mass is 16.5. The van der Waals surface area contributed by atoms with E-state index in [1.165, 1.54) is 32.1 Å². The Hall–Kier alpha value is -1.75. The van der Waals surface area contributed by atoms with Gasteiger partial charge < -0.3 is 19.5 Å². The Morgan fingerprint density at radius 1 is 1.17 bits per heavy atom. The smallest absolute Gasteiger partial charge is 0.255 e. The number of hydrogen-bond donors (Lipinski definition) is 1. The summed E-state index contributed by atoms with van der Waals surface area (Å²) < 4.78 is 16.2. The van der Waals surface area contributed by atoms with Crippen LogP contribution in [0.3, 0.4) is 0 Å². The molecule has 0 heterocycles. The average molecular weight is 321 g/mol. The molecule has 1 aromatic carbocycles. The van der Waals surface area contributed by atoms with E-state index in [1.54, 1.807) is 32.4 Å². The molecule has 23 heavy (non-hydrogen) atoms. The van der Waals surface area contributed by atoms with Crippen LogP contribution in [0.4, 0.5) is 0 Å². The molecule has 0 aliphatic heterocycles. The van der Waals surface area contributed by atoms with E-state index in [1.807, 2.05) is 0 Å². The van der Waals surface area contributed by atoms with Crippen LogP contribution < -0.4 is 14.8 Å². The van der Waals surface area contributed by atoms with E-state index >= 15 is 0 Å². The Balaban J connectivity index is 1.73. The Labute approximate surface area is 138 Å². The van der Waals surface area contributed by atoms with Gasteiger partial charge in [0.25, 0.3) is 5.91 Å². The zero-order valence-corrected chi connectivity index (χ0v) is 14.1. The quantitative estimate of drug-likeness (QED) is 0.747. The maximum absolute atomic E-state index is 12.3. The first-order valence-corrected chi connectivity index (χ1v) is 8.36. The summed E-state index contributed by atoms with van der Waals surface area (Å²) in [6, 6.07) is 5.19. The second kappa shape index (κ2) is 9.40. The average Bonchev–Trinajstić information content (AvgIpc) is 2.61. The second-order valence-corrected chi connectivity index (χ2v) is 5.81. The number of carbonyl (C=O) groups excluding carboxylic acids is 1. The highest BCUT2D eigenvalue weighted by Crippen LogP contribution is 2.24. The first kappa shape index (κ1) is 17.6. The lowest BCUT2D eigenvalue weighted by Gasteiger charge is -2.21. The van der Waals surface area contributed by atoms with Crippen molar-refractivity contribution < 1.29 is 19.0 Å². The summed E-state index contributed by atoms with van der Waals surface area (Å²) >= 11 is 0. The van der Waals surface area contributed by atoms with Gasteiger partial charge in [0.1, 0.15) is 11.5 Å². The summed E-state index contributed by atoms with van der Waals surface area (Å²) in [4.78, 5) is 12.3. The van der Waals surface area contributed by atoms with Crippen LogP contribution in [0, 0.1) is 0 Å². The molecule has 0 atom stereocenters. The molecule has 1 aliphatic rings. The zero-order valence-electron chi connectivity index (χ0n) is 14.1. The van der Waals surface area contributed by atoms with Crippen molar-refractivity contribution in [2.75, 3.05) is 27.4 Å². The van der Waals surface area contributed by atoms with E-state index in [9.17, 15) is 4.79 Å². The molecular weight excluding hydrogens is 294 g/mol. The predicted octanol–water partition coefficient (Wildman–Crippen LogP) is 3.17. The Bertz CT molecular complexity index is 498. The van der Waals surface area contributed by atoms with Crippen LogP contribution >= 0.6 is 0 Å². The topological polar surface area (TPSA) is 56.8 Å². The summed E-state index contributed by atoms with van der Waals surface area (Å²) in [5.74, 6) is 1.02. The predicted molar refractivity (Wildman–Crippen MR) is 89.3 cm³/mol. The SMILES string of the molecule is COc1ccc(OC)c(C(=O)NCCCOC2CCCCC2)c1. The maximum Gasteiger partial charge on any atom is 0.255 e. The standard InChI is InChI=1S/C18H27NO4/c1-21-15-9-10-17(22-2)16(13-15)18(20)19-11-6-12-23-14-7-4-3-5-8-14/h9-10,13-14H,3-8,11-12H2,1-2H3,(H,19,20). The summed E-state index contributed by atoms with van der Waals surface area (Å²) in [6.45, 7) is 1.28. The number of benzene rings is 1. The fourth-order valence-corrected chi connectivity index (χ4v) is 2.84. The fourth-order valence-electron chi connectivity index (χ4n) is 2.84. The van der Waals surface area contributed by atoms with Crippen LogP contribution in [0.25, 0.3) is 0 Å². The minimum Gasteiger partial charge on any atom is -0.497 e. The molecule has 5 nitrogen and oxygen atoms in total. The third kappa shape index (κ3) is 5.43. The number of nitrogens with one attached hydrogen (secondary N) is 1. The molecular formula is C18H27NO4. The van der Waals surface area contributed by atoms with Crippen LogP contribution in [0.5, 0.6) is 11.5 Å². The molecule has 0 spiro atoms. The molecule has 1 saturated carbocycles. The van der Waals surface area contributed by atoms with Crippen LogP contribution in [0.1, 0.15) is 48.9 Å². The van der Waals surface area contributed by atoms with E-state index in [2.05, 4.69) is 5.32 Å². The van der Waals surface area contributed by atoms with E-state index in [0.717, 1.165) is 6.42 Å². The normalized spacial score (nSPS) is 15.2. The van der Waals surface area contributed by atoms with Gasteiger partial charge in [0.2, 0.25) is 0 Å². The Morgan fingerprint density at radius 2 is 1.96 bits per heavy atom. The van der Waals surface area contributed by atoms with E-state index in [-0.39, 0.29) is 5.91 Å². The second-order valence-electron chi connectivity index (χ2n) is 5.81. The molecule has 128 valence electrons.